The quantitative estimate of drug-likeness (QED) is 0.406. The Morgan fingerprint density at radius 3 is 2.29 bits per heavy atom. The summed E-state index contributed by atoms with van der Waals surface area (Å²) in [6, 6.07) is 14.5. The fourth-order valence-electron chi connectivity index (χ4n) is 4.38. The molecule has 4 aromatic heterocycles. The molecule has 1 fully saturated rings. The number of nitrogens with zero attached hydrogens (tertiary/aromatic N) is 9. The molecule has 0 amide bonds. The van der Waals surface area contributed by atoms with E-state index >= 15 is 0 Å². The van der Waals surface area contributed by atoms with Crippen molar-refractivity contribution in [1.29, 1.82) is 0 Å². The second kappa shape index (κ2) is 8.58. The van der Waals surface area contributed by atoms with Gasteiger partial charge in [0.1, 0.15) is 0 Å². The molecule has 0 spiro atoms. The number of aromatic nitrogens is 7. The molecule has 0 N–H and O–H groups in total. The Morgan fingerprint density at radius 1 is 0.794 bits per heavy atom. The van der Waals surface area contributed by atoms with Gasteiger partial charge in [-0.05, 0) is 28.8 Å². The van der Waals surface area contributed by atoms with E-state index in [2.05, 4.69) is 71.5 Å². The second-order valence-electron chi connectivity index (χ2n) is 8.57. The molecule has 9 nitrogen and oxygen atoms in total. The molecule has 170 valence electrons. The lowest BCUT2D eigenvalue weighted by Gasteiger charge is -2.34. The fourth-order valence-corrected chi connectivity index (χ4v) is 4.38. The first kappa shape index (κ1) is 20.3. The lowest BCUT2D eigenvalue weighted by molar-refractivity contribution is 0.625. The summed E-state index contributed by atoms with van der Waals surface area (Å²) in [5.41, 5.74) is 5.36. The van der Waals surface area contributed by atoms with Crippen LogP contribution in [0.15, 0.2) is 73.4 Å². The number of pyridine rings is 1. The number of piperazine rings is 1. The van der Waals surface area contributed by atoms with E-state index in [1.54, 1.807) is 4.68 Å². The normalized spacial score (nSPS) is 14.1. The van der Waals surface area contributed by atoms with Crippen LogP contribution in [-0.4, -0.2) is 60.5 Å². The van der Waals surface area contributed by atoms with E-state index in [4.69, 9.17) is 0 Å². The van der Waals surface area contributed by atoms with Crippen molar-refractivity contribution in [2.24, 2.45) is 7.05 Å². The Bertz CT molecular complexity index is 1400. The first-order valence-corrected chi connectivity index (χ1v) is 11.4. The van der Waals surface area contributed by atoms with E-state index in [-0.39, 0.29) is 0 Å². The van der Waals surface area contributed by atoms with Gasteiger partial charge < -0.3 is 9.80 Å². The number of benzene rings is 1. The minimum absolute atomic E-state index is 0.781. The Kier molecular flexibility index (Phi) is 5.14. The molecule has 1 saturated heterocycles. The molecule has 1 aromatic carbocycles. The first-order chi connectivity index (χ1) is 16.7. The molecule has 0 aliphatic carbocycles. The summed E-state index contributed by atoms with van der Waals surface area (Å²) in [4.78, 5) is 13.8. The van der Waals surface area contributed by atoms with Crippen molar-refractivity contribution in [1.82, 2.24) is 34.3 Å². The van der Waals surface area contributed by atoms with Gasteiger partial charge in [-0.1, -0.05) is 30.3 Å². The van der Waals surface area contributed by atoms with E-state index in [9.17, 15) is 0 Å². The third-order valence-electron chi connectivity index (χ3n) is 6.22. The Morgan fingerprint density at radius 2 is 1.56 bits per heavy atom. The lowest BCUT2D eigenvalue weighted by atomic mass is 10.1. The van der Waals surface area contributed by atoms with Crippen LogP contribution in [0.4, 0.5) is 11.9 Å². The van der Waals surface area contributed by atoms with Gasteiger partial charge in [0, 0.05) is 70.0 Å². The molecular formula is C25H25N9. The van der Waals surface area contributed by atoms with Gasteiger partial charge >= 0.3 is 0 Å². The highest BCUT2D eigenvalue weighted by Crippen LogP contribution is 2.23. The number of hydrogen-bond acceptors (Lipinski definition) is 7. The van der Waals surface area contributed by atoms with Crippen molar-refractivity contribution in [3.63, 3.8) is 0 Å². The molecule has 0 atom stereocenters. The van der Waals surface area contributed by atoms with Crippen molar-refractivity contribution in [2.75, 3.05) is 36.0 Å². The highest BCUT2D eigenvalue weighted by molar-refractivity contribution is 5.67. The van der Waals surface area contributed by atoms with Gasteiger partial charge in [-0.15, -0.1) is 10.2 Å². The summed E-state index contributed by atoms with van der Waals surface area (Å²) in [7, 11) is 1.92. The maximum Gasteiger partial charge on any atom is 0.231 e. The minimum Gasteiger partial charge on any atom is -0.337 e. The molecule has 0 unspecified atom stereocenters. The third-order valence-corrected chi connectivity index (χ3v) is 6.22. The minimum atomic E-state index is 0.781. The highest BCUT2D eigenvalue weighted by atomic mass is 15.4. The van der Waals surface area contributed by atoms with Crippen LogP contribution in [0.1, 0.15) is 11.1 Å². The molecule has 34 heavy (non-hydrogen) atoms. The van der Waals surface area contributed by atoms with E-state index in [1.807, 2.05) is 48.5 Å². The maximum atomic E-state index is 4.63. The van der Waals surface area contributed by atoms with Gasteiger partial charge in [-0.25, -0.2) is 9.97 Å². The van der Waals surface area contributed by atoms with Crippen LogP contribution in [0, 0.1) is 0 Å². The number of rotatable bonds is 5. The number of fused-ring (bicyclic) bond motifs is 1. The summed E-state index contributed by atoms with van der Waals surface area (Å²) in [5.74, 6) is 1.65. The van der Waals surface area contributed by atoms with Gasteiger partial charge in [0.2, 0.25) is 11.9 Å². The molecule has 6 rings (SSSR count). The van der Waals surface area contributed by atoms with E-state index in [1.165, 1.54) is 5.56 Å². The van der Waals surface area contributed by atoms with Gasteiger partial charge in [0.15, 0.2) is 5.65 Å². The van der Waals surface area contributed by atoms with Crippen LogP contribution < -0.4 is 9.80 Å². The standard InChI is InChI=1S/C25H25N9/c1-31-18-22(17-28-31)21-7-8-34-23(14-21)29-30-25(34)33-11-9-32(10-12-33)24-26-15-20(16-27-24)13-19-5-3-2-4-6-19/h2-8,14-18H,9-13H2,1H3. The van der Waals surface area contributed by atoms with Crippen LogP contribution in [0.25, 0.3) is 16.8 Å². The average molecular weight is 452 g/mol. The van der Waals surface area contributed by atoms with Crippen LogP contribution >= 0.6 is 0 Å². The topological polar surface area (TPSA) is 80.3 Å². The second-order valence-corrected chi connectivity index (χ2v) is 8.57. The van der Waals surface area contributed by atoms with Crippen molar-refractivity contribution < 1.29 is 0 Å². The smallest absolute Gasteiger partial charge is 0.231 e. The molecule has 0 radical (unpaired) electrons. The van der Waals surface area contributed by atoms with Crippen LogP contribution in [-0.2, 0) is 13.5 Å². The van der Waals surface area contributed by atoms with Crippen molar-refractivity contribution >= 4 is 17.5 Å². The largest absolute Gasteiger partial charge is 0.337 e. The van der Waals surface area contributed by atoms with Gasteiger partial charge in [-0.2, -0.15) is 5.10 Å². The lowest BCUT2D eigenvalue weighted by Crippen LogP contribution is -2.47. The van der Waals surface area contributed by atoms with Gasteiger partial charge in [0.25, 0.3) is 0 Å². The van der Waals surface area contributed by atoms with Gasteiger partial charge in [-0.3, -0.25) is 9.08 Å². The Balaban J connectivity index is 1.12. The highest BCUT2D eigenvalue weighted by Gasteiger charge is 2.22. The summed E-state index contributed by atoms with van der Waals surface area (Å²) in [5, 5.41) is 13.1. The van der Waals surface area contributed by atoms with Crippen LogP contribution in [0.2, 0.25) is 0 Å². The Hall–Kier alpha value is -4.27. The summed E-state index contributed by atoms with van der Waals surface area (Å²) in [6.45, 7) is 3.34. The number of hydrogen-bond donors (Lipinski definition) is 0. The SMILES string of the molecule is Cn1cc(-c2ccn3c(N4CCN(c5ncc(Cc6ccccc6)cn5)CC4)nnc3c2)cn1. The average Bonchev–Trinajstić information content (AvgIpc) is 3.51. The zero-order valence-electron chi connectivity index (χ0n) is 19.0. The van der Waals surface area contributed by atoms with E-state index in [0.29, 0.717) is 0 Å². The van der Waals surface area contributed by atoms with Gasteiger partial charge in [0.05, 0.1) is 6.20 Å². The number of anilines is 2. The predicted molar refractivity (Wildman–Crippen MR) is 131 cm³/mol. The Labute approximate surface area is 197 Å². The summed E-state index contributed by atoms with van der Waals surface area (Å²) < 4.78 is 3.85. The van der Waals surface area contributed by atoms with Crippen molar-refractivity contribution in [3.8, 4) is 11.1 Å². The predicted octanol–water partition coefficient (Wildman–Crippen LogP) is 2.84. The third kappa shape index (κ3) is 3.96. The summed E-state index contributed by atoms with van der Waals surface area (Å²) in [6.07, 6.45) is 10.6. The zero-order valence-corrected chi connectivity index (χ0v) is 19.0. The molecule has 9 heteroatoms. The monoisotopic (exact) mass is 451 g/mol. The van der Waals surface area contributed by atoms with Crippen LogP contribution in [0.5, 0.6) is 0 Å². The zero-order chi connectivity index (χ0) is 22.9. The summed E-state index contributed by atoms with van der Waals surface area (Å²) >= 11 is 0. The maximum absolute atomic E-state index is 4.63. The molecule has 1 aliphatic rings. The van der Waals surface area contributed by atoms with E-state index in [0.717, 1.165) is 66.8 Å². The molecule has 5 heterocycles. The molecule has 0 bridgehead atoms. The van der Waals surface area contributed by atoms with Crippen LogP contribution in [0.3, 0.4) is 0 Å². The molecule has 1 aliphatic heterocycles. The molecule has 0 saturated carbocycles. The number of aryl methyl sites for hydroxylation is 1. The van der Waals surface area contributed by atoms with E-state index < -0.39 is 0 Å². The fraction of sp³-hybridized carbons (Fsp3) is 0.240. The van der Waals surface area contributed by atoms with Crippen molar-refractivity contribution in [2.45, 2.75) is 6.42 Å². The first-order valence-electron chi connectivity index (χ1n) is 11.4. The molecular weight excluding hydrogens is 426 g/mol. The molecule has 5 aromatic rings. The van der Waals surface area contributed by atoms with Crippen molar-refractivity contribution in [3.05, 3.63) is 84.6 Å².